The molecule has 2 N–H and O–H groups in total. The van der Waals surface area contributed by atoms with Gasteiger partial charge in [0.15, 0.2) is 5.82 Å². The number of aromatic nitrogens is 6. The van der Waals surface area contributed by atoms with E-state index in [1.165, 1.54) is 16.8 Å². The first-order valence-electron chi connectivity index (χ1n) is 9.44. The molecule has 1 saturated carbocycles. The summed E-state index contributed by atoms with van der Waals surface area (Å²) in [5.41, 5.74) is -0.0637. The zero-order chi connectivity index (χ0) is 20.8. The number of rotatable bonds is 4. The molecular formula is C20H17N7O3. The third-order valence-electron chi connectivity index (χ3n) is 5.04. The largest absolute Gasteiger partial charge is 0.330 e. The molecule has 1 amide bonds. The molecule has 4 heterocycles. The molecule has 1 aliphatic carbocycles. The second-order valence-corrected chi connectivity index (χ2v) is 7.13. The number of carbonyl (C=O) groups excluding carboxylic acids is 1. The van der Waals surface area contributed by atoms with Crippen molar-refractivity contribution in [2.45, 2.75) is 25.8 Å². The Labute approximate surface area is 169 Å². The molecule has 30 heavy (non-hydrogen) atoms. The van der Waals surface area contributed by atoms with Crippen molar-refractivity contribution >= 4 is 22.6 Å². The number of carbonyl (C=O) groups is 1. The maximum Gasteiger partial charge on any atom is 0.330 e. The molecule has 5 rings (SSSR count). The summed E-state index contributed by atoms with van der Waals surface area (Å²) in [5, 5.41) is 3.02. The van der Waals surface area contributed by atoms with E-state index in [0.717, 1.165) is 18.7 Å². The van der Waals surface area contributed by atoms with E-state index in [9.17, 15) is 14.4 Å². The Hall–Kier alpha value is -4.08. The second-order valence-electron chi connectivity index (χ2n) is 7.13. The Morgan fingerprint density at radius 3 is 2.77 bits per heavy atom. The van der Waals surface area contributed by atoms with Gasteiger partial charge in [-0.3, -0.25) is 23.7 Å². The maximum absolute atomic E-state index is 12.9. The quantitative estimate of drug-likeness (QED) is 0.532. The summed E-state index contributed by atoms with van der Waals surface area (Å²) in [7, 11) is 0. The van der Waals surface area contributed by atoms with Crippen LogP contribution < -0.4 is 16.6 Å². The number of nitrogens with one attached hydrogen (secondary N) is 2. The minimum atomic E-state index is -0.565. The van der Waals surface area contributed by atoms with Crippen molar-refractivity contribution in [2.75, 3.05) is 5.32 Å². The highest BCUT2D eigenvalue weighted by Crippen LogP contribution is 2.34. The predicted molar refractivity (Wildman–Crippen MR) is 109 cm³/mol. The number of aryl methyl sites for hydroxylation is 1. The molecule has 4 aromatic rings. The summed E-state index contributed by atoms with van der Waals surface area (Å²) >= 11 is 0. The van der Waals surface area contributed by atoms with E-state index in [1.807, 2.05) is 6.92 Å². The molecule has 10 heteroatoms. The zero-order valence-corrected chi connectivity index (χ0v) is 16.0. The van der Waals surface area contributed by atoms with Gasteiger partial charge in [-0.15, -0.1) is 0 Å². The summed E-state index contributed by atoms with van der Waals surface area (Å²) in [5.74, 6) is 0.802. The average Bonchev–Trinajstić information content (AvgIpc) is 3.48. The topological polar surface area (TPSA) is 128 Å². The van der Waals surface area contributed by atoms with Gasteiger partial charge in [0.2, 0.25) is 0 Å². The van der Waals surface area contributed by atoms with Gasteiger partial charge in [-0.2, -0.15) is 0 Å². The van der Waals surface area contributed by atoms with Crippen LogP contribution in [0.4, 0.5) is 5.69 Å². The number of pyridine rings is 2. The number of nitrogens with zero attached hydrogens (tertiary/aromatic N) is 5. The van der Waals surface area contributed by atoms with Crippen molar-refractivity contribution in [3.05, 3.63) is 75.2 Å². The van der Waals surface area contributed by atoms with E-state index < -0.39 is 17.2 Å². The van der Waals surface area contributed by atoms with Crippen LogP contribution in [0, 0.1) is 6.92 Å². The molecule has 10 nitrogen and oxygen atoms in total. The van der Waals surface area contributed by atoms with Crippen molar-refractivity contribution < 1.29 is 4.79 Å². The van der Waals surface area contributed by atoms with E-state index in [0.29, 0.717) is 17.2 Å². The molecule has 0 radical (unpaired) electrons. The van der Waals surface area contributed by atoms with Crippen LogP contribution in [0.5, 0.6) is 0 Å². The van der Waals surface area contributed by atoms with Crippen LogP contribution in [0.3, 0.4) is 0 Å². The molecule has 0 atom stereocenters. The third-order valence-corrected chi connectivity index (χ3v) is 5.04. The van der Waals surface area contributed by atoms with Crippen LogP contribution in [-0.2, 0) is 0 Å². The van der Waals surface area contributed by atoms with Crippen molar-refractivity contribution in [1.29, 1.82) is 0 Å². The summed E-state index contributed by atoms with van der Waals surface area (Å²) in [6, 6.07) is 4.93. The maximum atomic E-state index is 12.9. The number of amides is 1. The normalized spacial score (nSPS) is 13.5. The van der Waals surface area contributed by atoms with Crippen molar-refractivity contribution in [3.63, 3.8) is 0 Å². The molecule has 1 fully saturated rings. The summed E-state index contributed by atoms with van der Waals surface area (Å²) in [6.07, 6.45) is 8.12. The Morgan fingerprint density at radius 2 is 2.03 bits per heavy atom. The fourth-order valence-electron chi connectivity index (χ4n) is 3.42. The number of fused-ring (bicyclic) bond motifs is 1. The van der Waals surface area contributed by atoms with Gasteiger partial charge in [-0.1, -0.05) is 0 Å². The number of anilines is 1. The number of aromatic amines is 1. The van der Waals surface area contributed by atoms with Crippen molar-refractivity contribution in [1.82, 2.24) is 29.1 Å². The van der Waals surface area contributed by atoms with Crippen molar-refractivity contribution in [2.24, 2.45) is 0 Å². The lowest BCUT2D eigenvalue weighted by Crippen LogP contribution is -2.30. The molecular weight excluding hydrogens is 386 g/mol. The van der Waals surface area contributed by atoms with Gasteiger partial charge in [0, 0.05) is 30.8 Å². The lowest BCUT2D eigenvalue weighted by atomic mass is 10.2. The lowest BCUT2D eigenvalue weighted by molar-refractivity contribution is 0.102. The molecule has 150 valence electrons. The summed E-state index contributed by atoms with van der Waals surface area (Å²) in [4.78, 5) is 52.5. The third kappa shape index (κ3) is 2.98. The van der Waals surface area contributed by atoms with Crippen LogP contribution in [0.15, 0.2) is 52.6 Å². The van der Waals surface area contributed by atoms with E-state index in [-0.39, 0.29) is 17.0 Å². The van der Waals surface area contributed by atoms with Gasteiger partial charge in [-0.05, 0) is 38.0 Å². The van der Waals surface area contributed by atoms with Crippen LogP contribution in [-0.4, -0.2) is 35.0 Å². The minimum absolute atomic E-state index is 0.0420. The molecule has 0 spiro atoms. The molecule has 0 saturated heterocycles. The Balaban J connectivity index is 1.53. The van der Waals surface area contributed by atoms with Gasteiger partial charge >= 0.3 is 5.69 Å². The number of hydrogen-bond donors (Lipinski definition) is 2. The lowest BCUT2D eigenvalue weighted by Gasteiger charge is -2.12. The van der Waals surface area contributed by atoms with Gasteiger partial charge in [0.25, 0.3) is 11.5 Å². The average molecular weight is 403 g/mol. The molecule has 1 aliphatic rings. The van der Waals surface area contributed by atoms with Gasteiger partial charge in [-0.25, -0.2) is 19.7 Å². The SMILES string of the molecule is Cc1nccn1-c1ncccc1NC(=O)c1cnc2c(c1)c(=O)[nH]c(=O)n2C1CC1. The molecule has 0 bridgehead atoms. The van der Waals surface area contributed by atoms with Crippen LogP contribution in [0.2, 0.25) is 0 Å². The predicted octanol–water partition coefficient (Wildman–Crippen LogP) is 1.56. The fraction of sp³-hybridized carbons (Fsp3) is 0.200. The number of hydrogen-bond acceptors (Lipinski definition) is 6. The fourth-order valence-corrected chi connectivity index (χ4v) is 3.42. The standard InChI is InChI=1S/C20H17N7O3/c1-11-21-7-8-26(11)17-15(3-2-6-22-17)24-18(28)12-9-14-16(23-10-12)27(13-4-5-13)20(30)25-19(14)29/h2-3,6-10,13H,4-5H2,1H3,(H,24,28)(H,25,29,30). The van der Waals surface area contributed by atoms with Crippen molar-refractivity contribution in [3.8, 4) is 5.82 Å². The van der Waals surface area contributed by atoms with Crippen LogP contribution in [0.25, 0.3) is 16.9 Å². The zero-order valence-electron chi connectivity index (χ0n) is 16.0. The minimum Gasteiger partial charge on any atom is -0.319 e. The van der Waals surface area contributed by atoms with E-state index >= 15 is 0 Å². The second kappa shape index (κ2) is 6.76. The van der Waals surface area contributed by atoms with Gasteiger partial charge in [0.1, 0.15) is 11.5 Å². The van der Waals surface area contributed by atoms with E-state index in [2.05, 4.69) is 25.3 Å². The monoisotopic (exact) mass is 403 g/mol. The summed E-state index contributed by atoms with van der Waals surface area (Å²) < 4.78 is 3.24. The Bertz CT molecular complexity index is 1410. The first kappa shape index (κ1) is 18.0. The summed E-state index contributed by atoms with van der Waals surface area (Å²) in [6.45, 7) is 1.83. The smallest absolute Gasteiger partial charge is 0.319 e. The highest BCUT2D eigenvalue weighted by Gasteiger charge is 2.28. The van der Waals surface area contributed by atoms with Crippen LogP contribution >= 0.6 is 0 Å². The number of H-pyrrole nitrogens is 1. The molecule has 0 aliphatic heterocycles. The van der Waals surface area contributed by atoms with E-state index in [4.69, 9.17) is 0 Å². The van der Waals surface area contributed by atoms with Crippen LogP contribution in [0.1, 0.15) is 35.1 Å². The first-order valence-corrected chi connectivity index (χ1v) is 9.44. The molecule has 0 aromatic carbocycles. The first-order chi connectivity index (χ1) is 14.5. The Morgan fingerprint density at radius 1 is 1.20 bits per heavy atom. The molecule has 0 unspecified atom stereocenters. The molecule has 4 aromatic heterocycles. The van der Waals surface area contributed by atoms with Gasteiger partial charge in [0.05, 0.1) is 16.6 Å². The number of imidazole rings is 1. The highest BCUT2D eigenvalue weighted by molar-refractivity contribution is 6.06. The highest BCUT2D eigenvalue weighted by atomic mass is 16.2. The van der Waals surface area contributed by atoms with E-state index in [1.54, 1.807) is 35.3 Å². The Kier molecular flexibility index (Phi) is 4.05. The van der Waals surface area contributed by atoms with Gasteiger partial charge < -0.3 is 5.32 Å².